The summed E-state index contributed by atoms with van der Waals surface area (Å²) in [6.07, 6.45) is 2.25. The van der Waals surface area contributed by atoms with E-state index in [1.54, 1.807) is 12.1 Å². The topological polar surface area (TPSA) is 74.0 Å². The van der Waals surface area contributed by atoms with Gasteiger partial charge in [0.05, 0.1) is 0 Å². The van der Waals surface area contributed by atoms with E-state index in [4.69, 9.17) is 0 Å². The van der Waals surface area contributed by atoms with Crippen molar-refractivity contribution >= 4 is 22.7 Å². The van der Waals surface area contributed by atoms with Gasteiger partial charge < -0.3 is 15.6 Å². The highest BCUT2D eigenvalue weighted by Crippen LogP contribution is 2.30. The first-order chi connectivity index (χ1) is 15.2. The summed E-state index contributed by atoms with van der Waals surface area (Å²) in [5.41, 5.74) is 3.96. The van der Waals surface area contributed by atoms with Crippen LogP contribution in [0.4, 0.5) is 0 Å². The number of aromatic amines is 1. The van der Waals surface area contributed by atoms with Crippen molar-refractivity contribution in [2.24, 2.45) is 0 Å². The number of benzene rings is 3. The fraction of sp³-hybridized carbons (Fsp3) is 0.154. The summed E-state index contributed by atoms with van der Waals surface area (Å²) in [5.74, 6) is -0.233. The van der Waals surface area contributed by atoms with E-state index in [9.17, 15) is 9.59 Å². The molecule has 0 bridgehead atoms. The van der Waals surface area contributed by atoms with E-state index in [0.717, 1.165) is 22.0 Å². The number of fused-ring (bicyclic) bond motifs is 1. The molecule has 4 rings (SSSR count). The Morgan fingerprint density at radius 2 is 1.48 bits per heavy atom. The van der Waals surface area contributed by atoms with Crippen molar-refractivity contribution < 1.29 is 9.59 Å². The maximum absolute atomic E-state index is 12.5. The molecule has 0 unspecified atom stereocenters. The van der Waals surface area contributed by atoms with Gasteiger partial charge in [-0.25, -0.2) is 0 Å². The van der Waals surface area contributed by atoms with E-state index < -0.39 is 0 Å². The maximum Gasteiger partial charge on any atom is 0.251 e. The van der Waals surface area contributed by atoms with Crippen molar-refractivity contribution in [3.05, 3.63) is 108 Å². The van der Waals surface area contributed by atoms with Gasteiger partial charge in [0.25, 0.3) is 5.91 Å². The Labute approximate surface area is 181 Å². The Bertz CT molecular complexity index is 1150. The van der Waals surface area contributed by atoms with Gasteiger partial charge in [-0.05, 0) is 29.3 Å². The summed E-state index contributed by atoms with van der Waals surface area (Å²) in [7, 11) is 0. The van der Waals surface area contributed by atoms with Crippen LogP contribution in [0.25, 0.3) is 10.9 Å². The van der Waals surface area contributed by atoms with Crippen LogP contribution in [0.2, 0.25) is 0 Å². The summed E-state index contributed by atoms with van der Waals surface area (Å²) in [5, 5.41) is 6.99. The third-order valence-electron chi connectivity index (χ3n) is 5.38. The lowest BCUT2D eigenvalue weighted by molar-refractivity contribution is -0.120. The minimum Gasteiger partial charge on any atom is -0.361 e. The Balaban J connectivity index is 1.39. The molecule has 1 atom stereocenters. The summed E-state index contributed by atoms with van der Waals surface area (Å²) in [4.78, 5) is 27.9. The number of hydrogen-bond acceptors (Lipinski definition) is 2. The molecule has 0 radical (unpaired) electrons. The molecule has 1 aromatic heterocycles. The molecule has 0 aliphatic rings. The highest BCUT2D eigenvalue weighted by Gasteiger charge is 2.19. The van der Waals surface area contributed by atoms with Crippen LogP contribution in [0, 0.1) is 0 Å². The summed E-state index contributed by atoms with van der Waals surface area (Å²) < 4.78 is 0. The van der Waals surface area contributed by atoms with E-state index in [-0.39, 0.29) is 24.2 Å². The van der Waals surface area contributed by atoms with Gasteiger partial charge in [0.15, 0.2) is 0 Å². The molecule has 0 aliphatic carbocycles. The molecule has 3 N–H and O–H groups in total. The van der Waals surface area contributed by atoms with Crippen molar-refractivity contribution in [2.45, 2.75) is 12.3 Å². The van der Waals surface area contributed by atoms with E-state index in [1.807, 2.05) is 54.7 Å². The molecule has 1 heterocycles. The van der Waals surface area contributed by atoms with E-state index in [0.29, 0.717) is 18.7 Å². The number of aromatic nitrogens is 1. The molecule has 31 heavy (non-hydrogen) atoms. The molecule has 156 valence electrons. The smallest absolute Gasteiger partial charge is 0.251 e. The third-order valence-corrected chi connectivity index (χ3v) is 5.38. The van der Waals surface area contributed by atoms with Crippen LogP contribution >= 0.6 is 0 Å². The van der Waals surface area contributed by atoms with Gasteiger partial charge in [-0.1, -0.05) is 66.7 Å². The van der Waals surface area contributed by atoms with Gasteiger partial charge >= 0.3 is 0 Å². The molecule has 0 aliphatic heterocycles. The second-order valence-electron chi connectivity index (χ2n) is 7.43. The van der Waals surface area contributed by atoms with Crippen LogP contribution < -0.4 is 10.6 Å². The largest absolute Gasteiger partial charge is 0.361 e. The molecule has 0 spiro atoms. The lowest BCUT2D eigenvalue weighted by Gasteiger charge is -2.18. The molecule has 0 saturated heterocycles. The molecular weight excluding hydrogens is 386 g/mol. The first-order valence-electron chi connectivity index (χ1n) is 10.4. The summed E-state index contributed by atoms with van der Waals surface area (Å²) >= 11 is 0. The number of amides is 2. The first kappa shape index (κ1) is 20.4. The fourth-order valence-corrected chi connectivity index (χ4v) is 3.76. The van der Waals surface area contributed by atoms with Crippen molar-refractivity contribution in [1.29, 1.82) is 0 Å². The molecule has 5 nitrogen and oxygen atoms in total. The van der Waals surface area contributed by atoms with Gasteiger partial charge in [0, 0.05) is 48.1 Å². The van der Waals surface area contributed by atoms with Crippen molar-refractivity contribution in [3.63, 3.8) is 0 Å². The molecule has 5 heteroatoms. The second kappa shape index (κ2) is 9.76. The van der Waals surface area contributed by atoms with Gasteiger partial charge in [-0.15, -0.1) is 0 Å². The SMILES string of the molecule is O=C(CCNC(=O)c1ccccc1)NC[C@H](c1ccccc1)c1c[nH]c2ccccc12. The Morgan fingerprint density at radius 1 is 0.806 bits per heavy atom. The predicted molar refractivity (Wildman–Crippen MR) is 123 cm³/mol. The molecule has 2 amide bonds. The number of carbonyl (C=O) groups is 2. The van der Waals surface area contributed by atoms with Crippen LogP contribution in [0.1, 0.15) is 33.8 Å². The Morgan fingerprint density at radius 3 is 2.26 bits per heavy atom. The maximum atomic E-state index is 12.5. The predicted octanol–water partition coefficient (Wildman–Crippen LogP) is 4.24. The average molecular weight is 412 g/mol. The zero-order chi connectivity index (χ0) is 21.5. The van der Waals surface area contributed by atoms with Gasteiger partial charge in [0.1, 0.15) is 0 Å². The number of hydrogen-bond donors (Lipinski definition) is 3. The number of nitrogens with one attached hydrogen (secondary N) is 3. The van der Waals surface area contributed by atoms with Gasteiger partial charge in [0.2, 0.25) is 5.91 Å². The minimum absolute atomic E-state index is 0.0280. The third kappa shape index (κ3) is 5.01. The highest BCUT2D eigenvalue weighted by molar-refractivity contribution is 5.94. The number of para-hydroxylation sites is 1. The van der Waals surface area contributed by atoms with Crippen molar-refractivity contribution in [3.8, 4) is 0 Å². The number of H-pyrrole nitrogens is 1. The van der Waals surface area contributed by atoms with Crippen LogP contribution in [0.15, 0.2) is 91.1 Å². The Hall–Kier alpha value is -3.86. The second-order valence-corrected chi connectivity index (χ2v) is 7.43. The molecule has 4 aromatic rings. The molecule has 3 aromatic carbocycles. The van der Waals surface area contributed by atoms with E-state index in [1.165, 1.54) is 0 Å². The van der Waals surface area contributed by atoms with Crippen LogP contribution in [0.3, 0.4) is 0 Å². The van der Waals surface area contributed by atoms with Gasteiger partial charge in [-0.2, -0.15) is 0 Å². The molecule has 0 fully saturated rings. The minimum atomic E-state index is -0.172. The first-order valence-corrected chi connectivity index (χ1v) is 10.4. The Kier molecular flexibility index (Phi) is 6.43. The number of carbonyl (C=O) groups excluding carboxylic acids is 2. The monoisotopic (exact) mass is 411 g/mol. The van der Waals surface area contributed by atoms with Crippen LogP contribution in [-0.4, -0.2) is 29.9 Å². The summed E-state index contributed by atoms with van der Waals surface area (Å²) in [6.45, 7) is 0.778. The molecule has 0 saturated carbocycles. The fourth-order valence-electron chi connectivity index (χ4n) is 3.76. The van der Waals surface area contributed by atoms with Crippen molar-refractivity contribution in [2.75, 3.05) is 13.1 Å². The molecular formula is C26H25N3O2. The normalized spacial score (nSPS) is 11.7. The lowest BCUT2D eigenvalue weighted by Crippen LogP contribution is -2.33. The highest BCUT2D eigenvalue weighted by atomic mass is 16.2. The van der Waals surface area contributed by atoms with Gasteiger partial charge in [-0.3, -0.25) is 9.59 Å². The van der Waals surface area contributed by atoms with E-state index >= 15 is 0 Å². The summed E-state index contributed by atoms with van der Waals surface area (Å²) in [6, 6.07) is 27.3. The number of rotatable bonds is 8. The average Bonchev–Trinajstić information content (AvgIpc) is 3.24. The zero-order valence-corrected chi connectivity index (χ0v) is 17.2. The van der Waals surface area contributed by atoms with Crippen LogP contribution in [-0.2, 0) is 4.79 Å². The van der Waals surface area contributed by atoms with E-state index in [2.05, 4.69) is 39.9 Å². The quantitative estimate of drug-likeness (QED) is 0.406. The lowest BCUT2D eigenvalue weighted by atomic mass is 9.91. The van der Waals surface area contributed by atoms with Crippen molar-refractivity contribution in [1.82, 2.24) is 15.6 Å². The van der Waals surface area contributed by atoms with Crippen LogP contribution in [0.5, 0.6) is 0 Å². The zero-order valence-electron chi connectivity index (χ0n) is 17.2. The standard InChI is InChI=1S/C26H25N3O2/c30-25(15-16-27-26(31)20-11-5-2-6-12-20)29-17-22(19-9-3-1-4-10-19)23-18-28-24-14-8-7-13-21(23)24/h1-14,18,22,28H,15-17H2,(H,27,31)(H,29,30)/t22-/m1/s1.